The number of anilines is 3. The fourth-order valence-corrected chi connectivity index (χ4v) is 3.57. The highest BCUT2D eigenvalue weighted by molar-refractivity contribution is 6.33. The highest BCUT2D eigenvalue weighted by Gasteiger charge is 2.37. The highest BCUT2D eigenvalue weighted by Crippen LogP contribution is 2.35. The monoisotopic (exact) mass is 520 g/mol. The van der Waals surface area contributed by atoms with Crippen LogP contribution in [0.25, 0.3) is 0 Å². The predicted molar refractivity (Wildman–Crippen MR) is 135 cm³/mol. The van der Waals surface area contributed by atoms with Gasteiger partial charge in [0.2, 0.25) is 0 Å². The topological polar surface area (TPSA) is 131 Å². The molecule has 1 fully saturated rings. The van der Waals surface area contributed by atoms with Crippen molar-refractivity contribution in [3.05, 3.63) is 64.4 Å². The van der Waals surface area contributed by atoms with Crippen molar-refractivity contribution in [2.75, 3.05) is 22.7 Å². The molecule has 0 amide bonds. The number of allylic oxidation sites excluding steroid dienone is 2. The van der Waals surface area contributed by atoms with Gasteiger partial charge in [0.25, 0.3) is 0 Å². The first-order chi connectivity index (χ1) is 17.1. The molecule has 2 aromatic rings. The fraction of sp³-hybridized carbons (Fsp3) is 0.261. The quantitative estimate of drug-likeness (QED) is 0.152. The Bertz CT molecular complexity index is 1210. The number of halogens is 4. The molecule has 0 saturated carbocycles. The van der Waals surface area contributed by atoms with E-state index in [1.807, 2.05) is 0 Å². The van der Waals surface area contributed by atoms with Crippen LogP contribution in [0.1, 0.15) is 30.2 Å². The summed E-state index contributed by atoms with van der Waals surface area (Å²) in [5, 5.41) is 23.6. The summed E-state index contributed by atoms with van der Waals surface area (Å²) in [5.41, 5.74) is 2.13. The highest BCUT2D eigenvalue weighted by atomic mass is 35.5. The average Bonchev–Trinajstić information content (AvgIpc) is 3.36. The zero-order valence-corrected chi connectivity index (χ0v) is 20.0. The van der Waals surface area contributed by atoms with Crippen LogP contribution in [0.5, 0.6) is 0 Å². The van der Waals surface area contributed by atoms with E-state index in [4.69, 9.17) is 27.2 Å². The molecule has 0 bridgehead atoms. The zero-order valence-electron chi connectivity index (χ0n) is 19.2. The summed E-state index contributed by atoms with van der Waals surface area (Å²) in [6.45, 7) is 5.90. The van der Waals surface area contributed by atoms with Crippen molar-refractivity contribution in [2.45, 2.75) is 32.0 Å². The van der Waals surface area contributed by atoms with Gasteiger partial charge in [-0.25, -0.2) is 4.98 Å². The number of nitrogens with one attached hydrogen (secondary N) is 5. The zero-order chi connectivity index (χ0) is 26.3. The Hall–Kier alpha value is -3.77. The minimum atomic E-state index is -4.83. The Balaban J connectivity index is 1.90. The maximum Gasteiger partial charge on any atom is 0.431 e. The van der Waals surface area contributed by atoms with E-state index in [2.05, 4.69) is 37.7 Å². The van der Waals surface area contributed by atoms with E-state index >= 15 is 0 Å². The van der Waals surface area contributed by atoms with Crippen molar-refractivity contribution < 1.29 is 17.9 Å². The summed E-state index contributed by atoms with van der Waals surface area (Å²) in [7, 11) is 0. The molecule has 1 aliphatic heterocycles. The van der Waals surface area contributed by atoms with Crippen LogP contribution in [0.4, 0.5) is 30.4 Å². The SMILES string of the molecule is C=C(Nc1cnc(N/N=C\C=N)c(Cl)c1)/C(C=N)=C(/Nc1cc(C2CCCO2)ncc1C)C(F)(F)F. The van der Waals surface area contributed by atoms with Gasteiger partial charge >= 0.3 is 6.18 Å². The number of pyridine rings is 2. The molecule has 5 N–H and O–H groups in total. The first kappa shape index (κ1) is 26.8. The third-order valence-corrected chi connectivity index (χ3v) is 5.41. The van der Waals surface area contributed by atoms with Crippen LogP contribution in [0.3, 0.4) is 0 Å². The van der Waals surface area contributed by atoms with Gasteiger partial charge in [-0.2, -0.15) is 18.3 Å². The largest absolute Gasteiger partial charge is 0.431 e. The molecule has 190 valence electrons. The van der Waals surface area contributed by atoms with Crippen LogP contribution in [0.15, 0.2) is 53.2 Å². The Morgan fingerprint density at radius 3 is 2.64 bits per heavy atom. The standard InChI is InChI=1S/C23H24ClF3N8O/c1-13-11-30-19(20-4-3-7-36-20)9-18(13)34-21(23(25,26)27)16(10-29)14(2)33-15-8-17(24)22(31-12-15)35-32-6-5-28/h5-6,8-12,20,28-29,33H,2-4,7H2,1H3,(H,30,34)(H,31,35)/b21-16+,28-5?,29-10?,32-6-. The lowest BCUT2D eigenvalue weighted by atomic mass is 10.1. The molecule has 3 rings (SSSR count). The molecule has 0 aromatic carbocycles. The second-order valence-corrected chi connectivity index (χ2v) is 8.10. The van der Waals surface area contributed by atoms with Crippen molar-refractivity contribution in [3.63, 3.8) is 0 Å². The number of hydrazone groups is 1. The summed E-state index contributed by atoms with van der Waals surface area (Å²) in [6, 6.07) is 2.94. The molecule has 0 spiro atoms. The number of nitrogens with zero attached hydrogens (tertiary/aromatic N) is 3. The molecule has 13 heteroatoms. The molecular weight excluding hydrogens is 497 g/mol. The lowest BCUT2D eigenvalue weighted by molar-refractivity contribution is -0.0906. The van der Waals surface area contributed by atoms with Gasteiger partial charge in [0.05, 0.1) is 34.9 Å². The predicted octanol–water partition coefficient (Wildman–Crippen LogP) is 5.84. The van der Waals surface area contributed by atoms with Crippen molar-refractivity contribution >= 4 is 47.4 Å². The maximum atomic E-state index is 14.1. The van der Waals surface area contributed by atoms with E-state index in [0.717, 1.165) is 19.1 Å². The third-order valence-electron chi connectivity index (χ3n) is 5.12. The molecule has 9 nitrogen and oxygen atoms in total. The molecule has 3 heterocycles. The van der Waals surface area contributed by atoms with Gasteiger partial charge in [0.1, 0.15) is 5.70 Å². The molecule has 0 radical (unpaired) electrons. The number of aryl methyl sites for hydroxylation is 1. The van der Waals surface area contributed by atoms with Gasteiger partial charge in [0, 0.05) is 42.2 Å². The smallest absolute Gasteiger partial charge is 0.372 e. The molecular formula is C23H24ClF3N8O. The van der Waals surface area contributed by atoms with Gasteiger partial charge in [-0.1, -0.05) is 18.2 Å². The van der Waals surface area contributed by atoms with Crippen LogP contribution < -0.4 is 16.1 Å². The van der Waals surface area contributed by atoms with Crippen molar-refractivity contribution in [1.82, 2.24) is 9.97 Å². The third kappa shape index (κ3) is 6.67. The van der Waals surface area contributed by atoms with E-state index < -0.39 is 17.4 Å². The Kier molecular flexibility index (Phi) is 8.78. The van der Waals surface area contributed by atoms with Gasteiger partial charge in [0.15, 0.2) is 5.82 Å². The minimum absolute atomic E-state index is 0.124. The van der Waals surface area contributed by atoms with Crippen molar-refractivity contribution in [3.8, 4) is 0 Å². The van der Waals surface area contributed by atoms with E-state index in [1.54, 1.807) is 6.92 Å². The molecule has 2 aromatic heterocycles. The maximum absolute atomic E-state index is 14.1. The second-order valence-electron chi connectivity index (χ2n) is 7.70. The van der Waals surface area contributed by atoms with Gasteiger partial charge in [-0.3, -0.25) is 10.4 Å². The minimum Gasteiger partial charge on any atom is -0.372 e. The lowest BCUT2D eigenvalue weighted by Gasteiger charge is -2.21. The molecule has 36 heavy (non-hydrogen) atoms. The van der Waals surface area contributed by atoms with E-state index in [9.17, 15) is 13.2 Å². The molecule has 1 aliphatic rings. The van der Waals surface area contributed by atoms with Crippen LogP contribution in [-0.4, -0.2) is 41.4 Å². The molecule has 0 aliphatic carbocycles. The summed E-state index contributed by atoms with van der Waals surface area (Å²) in [4.78, 5) is 8.35. The molecule has 1 atom stereocenters. The Morgan fingerprint density at radius 1 is 1.25 bits per heavy atom. The van der Waals surface area contributed by atoms with Crippen LogP contribution in [0, 0.1) is 17.7 Å². The van der Waals surface area contributed by atoms with E-state index in [0.29, 0.717) is 24.1 Å². The summed E-state index contributed by atoms with van der Waals surface area (Å²) in [6.07, 6.45) is 1.99. The number of hydrogen-bond donors (Lipinski definition) is 5. The van der Waals surface area contributed by atoms with Crippen LogP contribution >= 0.6 is 11.6 Å². The number of alkyl halides is 3. The van der Waals surface area contributed by atoms with Gasteiger partial charge < -0.3 is 26.2 Å². The summed E-state index contributed by atoms with van der Waals surface area (Å²) in [5.74, 6) is 0.182. The molecule has 1 saturated heterocycles. The van der Waals surface area contributed by atoms with Crippen LogP contribution in [-0.2, 0) is 4.74 Å². The fourth-order valence-electron chi connectivity index (χ4n) is 3.36. The first-order valence-electron chi connectivity index (χ1n) is 10.7. The Morgan fingerprint density at radius 2 is 2.03 bits per heavy atom. The van der Waals surface area contributed by atoms with Crippen molar-refractivity contribution in [2.24, 2.45) is 5.10 Å². The summed E-state index contributed by atoms with van der Waals surface area (Å²) < 4.78 is 48.0. The van der Waals surface area contributed by atoms with Gasteiger partial charge in [-0.15, -0.1) is 0 Å². The average molecular weight is 521 g/mol. The molecule has 1 unspecified atom stereocenters. The normalized spacial score (nSPS) is 16.4. The lowest BCUT2D eigenvalue weighted by Crippen LogP contribution is -2.24. The number of aromatic nitrogens is 2. The Labute approximate surface area is 210 Å². The van der Waals surface area contributed by atoms with E-state index in [1.165, 1.54) is 30.7 Å². The number of rotatable bonds is 10. The summed E-state index contributed by atoms with van der Waals surface area (Å²) >= 11 is 6.14. The number of hydrogen-bond acceptors (Lipinski definition) is 9. The second kappa shape index (κ2) is 11.8. The van der Waals surface area contributed by atoms with Gasteiger partial charge in [-0.05, 0) is 37.5 Å². The van der Waals surface area contributed by atoms with Crippen LogP contribution in [0.2, 0.25) is 5.02 Å². The van der Waals surface area contributed by atoms with Crippen molar-refractivity contribution in [1.29, 1.82) is 10.8 Å². The number of ether oxygens (including phenoxy) is 1. The first-order valence-corrected chi connectivity index (χ1v) is 11.1. The van der Waals surface area contributed by atoms with E-state index in [-0.39, 0.29) is 34.0 Å².